The van der Waals surface area contributed by atoms with Crippen LogP contribution < -0.4 is 5.73 Å². The van der Waals surface area contributed by atoms with Crippen LogP contribution in [0.1, 0.15) is 41.9 Å². The molecule has 0 amide bonds. The van der Waals surface area contributed by atoms with Gasteiger partial charge in [0.1, 0.15) is 5.82 Å². The van der Waals surface area contributed by atoms with E-state index in [9.17, 15) is 22.0 Å². The molecule has 1 aliphatic heterocycles. The summed E-state index contributed by atoms with van der Waals surface area (Å²) < 4.78 is 67.2. The van der Waals surface area contributed by atoms with E-state index in [4.69, 9.17) is 5.73 Å². The van der Waals surface area contributed by atoms with Crippen molar-refractivity contribution >= 4 is 0 Å². The third kappa shape index (κ3) is 3.28. The summed E-state index contributed by atoms with van der Waals surface area (Å²) in [7, 11) is 0. The lowest BCUT2D eigenvalue weighted by atomic mass is 9.93. The van der Waals surface area contributed by atoms with Crippen LogP contribution in [0.5, 0.6) is 0 Å². The average Bonchev–Trinajstić information content (AvgIpc) is 2.78. The summed E-state index contributed by atoms with van der Waals surface area (Å²) in [6.07, 6.45) is -3.48. The number of aromatic nitrogens is 2. The summed E-state index contributed by atoms with van der Waals surface area (Å²) in [6, 6.07) is 3.33. The number of nitrogens with two attached hydrogens (primary N) is 1. The molecule has 8 heteroatoms. The van der Waals surface area contributed by atoms with E-state index in [1.807, 2.05) is 0 Å². The van der Waals surface area contributed by atoms with Gasteiger partial charge in [-0.05, 0) is 24.5 Å². The molecule has 0 saturated carbocycles. The predicted molar refractivity (Wildman–Crippen MR) is 77.2 cm³/mol. The van der Waals surface area contributed by atoms with E-state index in [0.29, 0.717) is 18.7 Å². The third-order valence-electron chi connectivity index (χ3n) is 4.33. The summed E-state index contributed by atoms with van der Waals surface area (Å²) in [5, 5.41) is 0. The van der Waals surface area contributed by atoms with Crippen LogP contribution >= 0.6 is 0 Å². The monoisotopic (exact) mass is 345 g/mol. The van der Waals surface area contributed by atoms with Gasteiger partial charge >= 0.3 is 6.18 Å². The Morgan fingerprint density at radius 2 is 1.96 bits per heavy atom. The minimum Gasteiger partial charge on any atom is -0.330 e. The zero-order valence-corrected chi connectivity index (χ0v) is 12.7. The van der Waals surface area contributed by atoms with Crippen molar-refractivity contribution in [2.45, 2.75) is 43.9 Å². The number of imidazole rings is 1. The van der Waals surface area contributed by atoms with Crippen molar-refractivity contribution in [3.05, 3.63) is 53.1 Å². The van der Waals surface area contributed by atoms with Gasteiger partial charge in [0, 0.05) is 24.4 Å². The molecule has 0 aliphatic carbocycles. The maximum absolute atomic E-state index is 14.1. The van der Waals surface area contributed by atoms with E-state index in [1.54, 1.807) is 0 Å². The summed E-state index contributed by atoms with van der Waals surface area (Å²) >= 11 is 0. The largest absolute Gasteiger partial charge is 0.394 e. The Hall–Kier alpha value is -1.96. The highest BCUT2D eigenvalue weighted by atomic mass is 19.4. The van der Waals surface area contributed by atoms with E-state index in [0.717, 1.165) is 12.3 Å². The molecule has 130 valence electrons. The van der Waals surface area contributed by atoms with Crippen molar-refractivity contribution in [2.24, 2.45) is 5.73 Å². The van der Waals surface area contributed by atoms with E-state index in [1.165, 1.54) is 16.7 Å². The third-order valence-corrected chi connectivity index (χ3v) is 4.33. The van der Waals surface area contributed by atoms with Crippen molar-refractivity contribution in [2.75, 3.05) is 0 Å². The van der Waals surface area contributed by atoms with Crippen LogP contribution in [0.4, 0.5) is 22.0 Å². The molecule has 24 heavy (non-hydrogen) atoms. The molecule has 0 spiro atoms. The van der Waals surface area contributed by atoms with Gasteiger partial charge in [-0.3, -0.25) is 0 Å². The van der Waals surface area contributed by atoms with E-state index in [2.05, 4.69) is 4.98 Å². The first-order valence-electron chi connectivity index (χ1n) is 7.57. The van der Waals surface area contributed by atoms with Gasteiger partial charge in [-0.1, -0.05) is 12.1 Å². The van der Waals surface area contributed by atoms with Gasteiger partial charge in [-0.2, -0.15) is 13.2 Å². The molecule has 1 aromatic carbocycles. The van der Waals surface area contributed by atoms with Crippen molar-refractivity contribution in [3.8, 4) is 0 Å². The molecule has 1 aliphatic rings. The zero-order valence-electron chi connectivity index (χ0n) is 12.7. The Morgan fingerprint density at radius 3 is 2.67 bits per heavy atom. The molecule has 3 rings (SSSR count). The van der Waals surface area contributed by atoms with Gasteiger partial charge in [-0.15, -0.1) is 0 Å². The molecule has 2 atom stereocenters. The van der Waals surface area contributed by atoms with E-state index in [-0.39, 0.29) is 17.8 Å². The van der Waals surface area contributed by atoms with Crippen LogP contribution in [0.2, 0.25) is 0 Å². The van der Waals surface area contributed by atoms with Gasteiger partial charge in [0.25, 0.3) is 0 Å². The maximum Gasteiger partial charge on any atom is 0.394 e. The van der Waals surface area contributed by atoms with Gasteiger partial charge < -0.3 is 10.3 Å². The van der Waals surface area contributed by atoms with E-state index >= 15 is 0 Å². The fraction of sp³-hybridized carbons (Fsp3) is 0.438. The Balaban J connectivity index is 1.98. The Bertz CT molecular complexity index is 738. The van der Waals surface area contributed by atoms with Crippen LogP contribution in [-0.4, -0.2) is 15.7 Å². The van der Waals surface area contributed by atoms with Gasteiger partial charge in [0.05, 0.1) is 12.5 Å². The lowest BCUT2D eigenvalue weighted by Crippen LogP contribution is -2.20. The highest BCUT2D eigenvalue weighted by Crippen LogP contribution is 2.35. The van der Waals surface area contributed by atoms with Gasteiger partial charge in [0.15, 0.2) is 11.6 Å². The smallest absolute Gasteiger partial charge is 0.330 e. The first-order valence-corrected chi connectivity index (χ1v) is 7.57. The molecule has 3 nitrogen and oxygen atoms in total. The second-order valence-electron chi connectivity index (χ2n) is 6.03. The normalized spacial score (nSPS) is 21.4. The minimum atomic E-state index is -4.38. The first-order chi connectivity index (χ1) is 11.3. The van der Waals surface area contributed by atoms with Gasteiger partial charge in [0.2, 0.25) is 0 Å². The van der Waals surface area contributed by atoms with Crippen LogP contribution in [0, 0.1) is 11.6 Å². The number of alkyl halides is 3. The number of benzene rings is 1. The minimum absolute atomic E-state index is 0.0170. The average molecular weight is 345 g/mol. The van der Waals surface area contributed by atoms with Crippen molar-refractivity contribution in [1.82, 2.24) is 9.55 Å². The molecule has 2 heterocycles. The Morgan fingerprint density at radius 1 is 1.21 bits per heavy atom. The van der Waals surface area contributed by atoms with Crippen LogP contribution in [-0.2, 0) is 13.0 Å². The predicted octanol–water partition coefficient (Wildman–Crippen LogP) is 3.84. The number of rotatable bonds is 2. The molecule has 0 fully saturated rings. The molecule has 2 unspecified atom stereocenters. The Kier molecular flexibility index (Phi) is 4.33. The lowest BCUT2D eigenvalue weighted by molar-refractivity contribution is -0.128. The second-order valence-corrected chi connectivity index (χ2v) is 6.03. The molecule has 0 saturated heterocycles. The molecule has 2 aromatic rings. The van der Waals surface area contributed by atoms with E-state index < -0.39 is 36.2 Å². The fourth-order valence-electron chi connectivity index (χ4n) is 3.19. The number of hydrogen-bond acceptors (Lipinski definition) is 2. The fourth-order valence-corrected chi connectivity index (χ4v) is 3.19. The van der Waals surface area contributed by atoms with Crippen LogP contribution in [0.15, 0.2) is 24.4 Å². The highest BCUT2D eigenvalue weighted by Gasteiger charge is 2.33. The maximum atomic E-state index is 14.1. The second kappa shape index (κ2) is 6.16. The summed E-state index contributed by atoms with van der Waals surface area (Å²) in [4.78, 5) is 4.02. The molecule has 0 bridgehead atoms. The van der Waals surface area contributed by atoms with Crippen LogP contribution in [0.25, 0.3) is 0 Å². The quantitative estimate of drug-likeness (QED) is 0.841. The number of hydrogen-bond donors (Lipinski definition) is 1. The molecular formula is C16H16F5N3. The summed E-state index contributed by atoms with van der Waals surface area (Å²) in [5.41, 5.74) is 6.14. The van der Waals surface area contributed by atoms with Crippen molar-refractivity contribution < 1.29 is 22.0 Å². The molecule has 2 N–H and O–H groups in total. The topological polar surface area (TPSA) is 43.8 Å². The Labute approximate surface area is 135 Å². The number of nitrogens with zero attached hydrogens (tertiary/aromatic N) is 2. The lowest BCUT2D eigenvalue weighted by Gasteiger charge is -2.19. The van der Waals surface area contributed by atoms with Crippen molar-refractivity contribution in [3.63, 3.8) is 0 Å². The number of fused-ring (bicyclic) bond motifs is 1. The standard InChI is InChI=1S/C16H16F5N3/c17-12-3-1-2-11(14(12)18)9-4-5-13(22)15-23-7-10(24(15)8-9)6-16(19,20)21/h1-3,7,9,13H,4-6,8,22H2. The highest BCUT2D eigenvalue weighted by molar-refractivity contribution is 5.24. The summed E-state index contributed by atoms with van der Waals surface area (Å²) in [5.74, 6) is -2.04. The van der Waals surface area contributed by atoms with Gasteiger partial charge in [-0.25, -0.2) is 13.8 Å². The molecule has 0 radical (unpaired) electrons. The van der Waals surface area contributed by atoms with Crippen molar-refractivity contribution in [1.29, 1.82) is 0 Å². The van der Waals surface area contributed by atoms with Crippen LogP contribution in [0.3, 0.4) is 0 Å². The SMILES string of the molecule is NC1CCC(c2cccc(F)c2F)Cn2c(CC(F)(F)F)cnc21. The number of halogens is 5. The molecular weight excluding hydrogens is 329 g/mol. The zero-order chi connectivity index (χ0) is 17.5. The first kappa shape index (κ1) is 16.9. The summed E-state index contributed by atoms with van der Waals surface area (Å²) in [6.45, 7) is 0.0921. The molecule has 1 aromatic heterocycles.